The van der Waals surface area contributed by atoms with Crippen molar-refractivity contribution in [1.82, 2.24) is 9.29 Å². The summed E-state index contributed by atoms with van der Waals surface area (Å²) in [6.45, 7) is 0.443. The number of aromatic nitrogens is 1. The molecule has 0 radical (unpaired) electrons. The van der Waals surface area contributed by atoms with Crippen LogP contribution in [0.2, 0.25) is 0 Å². The smallest absolute Gasteiger partial charge is 0.218 e. The van der Waals surface area contributed by atoms with Crippen LogP contribution in [0.3, 0.4) is 0 Å². The van der Waals surface area contributed by atoms with Gasteiger partial charge in [0, 0.05) is 12.3 Å². The van der Waals surface area contributed by atoms with Gasteiger partial charge in [-0.25, -0.2) is 17.8 Å². The lowest BCUT2D eigenvalue weighted by Gasteiger charge is -2.37. The number of hydrogen-bond donors (Lipinski definition) is 0. The van der Waals surface area contributed by atoms with Crippen LogP contribution >= 0.6 is 0 Å². The zero-order chi connectivity index (χ0) is 17.2. The number of rotatable bonds is 5. The lowest BCUT2D eigenvalue weighted by atomic mass is 10.2. The number of ether oxygens (including phenoxy) is 1. The third-order valence-corrected chi connectivity index (χ3v) is 5.38. The minimum absolute atomic E-state index is 0.222. The van der Waals surface area contributed by atoms with Crippen molar-refractivity contribution in [2.45, 2.75) is 11.9 Å². The summed E-state index contributed by atoms with van der Waals surface area (Å²) in [6, 6.07) is 10.7. The van der Waals surface area contributed by atoms with Gasteiger partial charge < -0.3 is 4.74 Å². The van der Waals surface area contributed by atoms with E-state index in [1.54, 1.807) is 18.2 Å². The molecule has 0 N–H and O–H groups in total. The Hall–Kier alpha value is -2.50. The second-order valence-electron chi connectivity index (χ2n) is 5.44. The Morgan fingerprint density at radius 2 is 2.12 bits per heavy atom. The average Bonchev–Trinajstić information content (AvgIpc) is 2.50. The molecule has 2 heterocycles. The van der Waals surface area contributed by atoms with Crippen molar-refractivity contribution in [2.24, 2.45) is 0 Å². The molecule has 124 valence electrons. The Morgan fingerprint density at radius 1 is 1.33 bits per heavy atom. The molecular weight excluding hydrogens is 333 g/mol. The highest BCUT2D eigenvalue weighted by Gasteiger charge is 2.37. The van der Waals surface area contributed by atoms with E-state index in [2.05, 4.69) is 4.98 Å². The Kier molecular flexibility index (Phi) is 4.46. The van der Waals surface area contributed by atoms with Gasteiger partial charge in [0.25, 0.3) is 0 Å². The van der Waals surface area contributed by atoms with E-state index in [9.17, 15) is 12.8 Å². The Morgan fingerprint density at radius 3 is 2.75 bits per heavy atom. The third-order valence-electron chi connectivity index (χ3n) is 3.60. The van der Waals surface area contributed by atoms with Gasteiger partial charge in [-0.3, -0.25) is 0 Å². The summed E-state index contributed by atoms with van der Waals surface area (Å²) in [5.74, 6) is -0.354. The molecule has 0 spiro atoms. The quantitative estimate of drug-likeness (QED) is 0.822. The first-order chi connectivity index (χ1) is 11.5. The van der Waals surface area contributed by atoms with Gasteiger partial charge in [0.05, 0.1) is 24.4 Å². The zero-order valence-corrected chi connectivity index (χ0v) is 13.4. The molecule has 6 nitrogen and oxygen atoms in total. The molecule has 0 bridgehead atoms. The van der Waals surface area contributed by atoms with E-state index in [0.29, 0.717) is 17.0 Å². The van der Waals surface area contributed by atoms with E-state index >= 15 is 0 Å². The normalized spacial score (nSPS) is 15.5. The van der Waals surface area contributed by atoms with Gasteiger partial charge in [0.2, 0.25) is 15.9 Å². The van der Waals surface area contributed by atoms with Gasteiger partial charge in [-0.2, -0.15) is 9.57 Å². The zero-order valence-electron chi connectivity index (χ0n) is 12.6. The number of sulfonamides is 1. The first-order valence-corrected chi connectivity index (χ1v) is 8.82. The van der Waals surface area contributed by atoms with E-state index in [-0.39, 0.29) is 24.9 Å². The van der Waals surface area contributed by atoms with Gasteiger partial charge in [-0.05, 0) is 23.8 Å². The summed E-state index contributed by atoms with van der Waals surface area (Å²) in [5.41, 5.74) is 0.836. The van der Waals surface area contributed by atoms with Crippen LogP contribution < -0.4 is 4.74 Å². The fraction of sp³-hybridized carbons (Fsp3) is 0.250. The van der Waals surface area contributed by atoms with Crippen LogP contribution in [0.15, 0.2) is 42.6 Å². The van der Waals surface area contributed by atoms with Crippen molar-refractivity contribution in [1.29, 1.82) is 5.26 Å². The second-order valence-corrected chi connectivity index (χ2v) is 7.41. The molecule has 0 saturated carbocycles. The molecule has 0 unspecified atom stereocenters. The topological polar surface area (TPSA) is 83.3 Å². The summed E-state index contributed by atoms with van der Waals surface area (Å²) in [4.78, 5) is 3.98. The summed E-state index contributed by atoms with van der Waals surface area (Å²) in [6.07, 6.45) is 1.11. The Balaban J connectivity index is 1.56. The van der Waals surface area contributed by atoms with Crippen molar-refractivity contribution in [3.05, 3.63) is 59.5 Å². The highest BCUT2D eigenvalue weighted by Crippen LogP contribution is 2.22. The average molecular weight is 347 g/mol. The number of benzene rings is 1. The summed E-state index contributed by atoms with van der Waals surface area (Å²) in [7, 11) is -3.51. The van der Waals surface area contributed by atoms with Crippen molar-refractivity contribution < 1.29 is 17.5 Å². The molecule has 0 amide bonds. The fourth-order valence-corrected chi connectivity index (χ4v) is 3.89. The van der Waals surface area contributed by atoms with E-state index in [1.165, 1.54) is 28.7 Å². The summed E-state index contributed by atoms with van der Waals surface area (Å²) in [5, 5.41) is 8.70. The van der Waals surface area contributed by atoms with Gasteiger partial charge in [0.15, 0.2) is 0 Å². The standard InChI is InChI=1S/C16H14FN3O3S/c17-14-3-1-2-12(6-14)11-24(21,22)20-9-15(10-20)23-16-5-4-13(7-18)8-19-16/h1-6,8,15H,9-11H2. The van der Waals surface area contributed by atoms with E-state index in [4.69, 9.17) is 10.00 Å². The highest BCUT2D eigenvalue weighted by atomic mass is 32.2. The van der Waals surface area contributed by atoms with Gasteiger partial charge in [-0.1, -0.05) is 12.1 Å². The minimum Gasteiger partial charge on any atom is -0.472 e. The summed E-state index contributed by atoms with van der Waals surface area (Å²) < 4.78 is 44.5. The number of pyridine rings is 1. The number of nitriles is 1. The molecule has 1 saturated heterocycles. The van der Waals surface area contributed by atoms with E-state index in [0.717, 1.165) is 0 Å². The molecule has 1 aliphatic heterocycles. The molecular formula is C16H14FN3O3S. The maximum Gasteiger partial charge on any atom is 0.218 e. The Bertz CT molecular complexity index is 872. The molecule has 2 aromatic rings. The van der Waals surface area contributed by atoms with E-state index in [1.807, 2.05) is 6.07 Å². The molecule has 1 fully saturated rings. The van der Waals surface area contributed by atoms with Crippen LogP contribution in [0.5, 0.6) is 5.88 Å². The third kappa shape index (κ3) is 3.69. The van der Waals surface area contributed by atoms with Crippen LogP contribution in [-0.4, -0.2) is 36.9 Å². The highest BCUT2D eigenvalue weighted by molar-refractivity contribution is 7.88. The van der Waals surface area contributed by atoms with Crippen LogP contribution in [0.4, 0.5) is 4.39 Å². The molecule has 8 heteroatoms. The molecule has 0 atom stereocenters. The maximum atomic E-state index is 13.1. The maximum absolute atomic E-state index is 13.1. The molecule has 1 aromatic carbocycles. The van der Waals surface area contributed by atoms with Crippen molar-refractivity contribution >= 4 is 10.0 Å². The van der Waals surface area contributed by atoms with Gasteiger partial charge in [0.1, 0.15) is 18.0 Å². The number of nitrogens with zero attached hydrogens (tertiary/aromatic N) is 3. The van der Waals surface area contributed by atoms with Crippen molar-refractivity contribution in [3.63, 3.8) is 0 Å². The predicted octanol–water partition coefficient (Wildman–Crippen LogP) is 1.69. The van der Waals surface area contributed by atoms with Crippen LogP contribution in [0.25, 0.3) is 0 Å². The minimum atomic E-state index is -3.51. The van der Waals surface area contributed by atoms with Crippen molar-refractivity contribution in [3.8, 4) is 11.9 Å². The molecule has 1 aromatic heterocycles. The fourth-order valence-electron chi connectivity index (χ4n) is 2.32. The van der Waals surface area contributed by atoms with Crippen LogP contribution in [-0.2, 0) is 15.8 Å². The molecule has 0 aliphatic carbocycles. The number of hydrogen-bond acceptors (Lipinski definition) is 5. The van der Waals surface area contributed by atoms with Crippen LogP contribution in [0, 0.1) is 17.1 Å². The lowest BCUT2D eigenvalue weighted by molar-refractivity contribution is 0.0720. The molecule has 24 heavy (non-hydrogen) atoms. The summed E-state index contributed by atoms with van der Waals surface area (Å²) >= 11 is 0. The van der Waals surface area contributed by atoms with Gasteiger partial charge in [-0.15, -0.1) is 0 Å². The Labute approximate surface area is 139 Å². The number of halogens is 1. The first kappa shape index (κ1) is 16.4. The largest absolute Gasteiger partial charge is 0.472 e. The monoisotopic (exact) mass is 347 g/mol. The lowest BCUT2D eigenvalue weighted by Crippen LogP contribution is -2.56. The molecule has 3 rings (SSSR count). The van der Waals surface area contributed by atoms with Crippen molar-refractivity contribution in [2.75, 3.05) is 13.1 Å². The van der Waals surface area contributed by atoms with E-state index < -0.39 is 15.8 Å². The first-order valence-electron chi connectivity index (χ1n) is 7.21. The SMILES string of the molecule is N#Cc1ccc(OC2CN(S(=O)(=O)Cc3cccc(F)c3)C2)nc1. The second kappa shape index (κ2) is 6.55. The predicted molar refractivity (Wildman–Crippen MR) is 84.0 cm³/mol. The van der Waals surface area contributed by atoms with Gasteiger partial charge >= 0.3 is 0 Å². The molecule has 1 aliphatic rings. The van der Waals surface area contributed by atoms with Crippen LogP contribution in [0.1, 0.15) is 11.1 Å².